The Kier molecular flexibility index (Phi) is 13.6. The summed E-state index contributed by atoms with van der Waals surface area (Å²) in [7, 11) is 0. The lowest BCUT2D eigenvalue weighted by atomic mass is 9.81. The lowest BCUT2D eigenvalue weighted by Crippen LogP contribution is -2.59. The summed E-state index contributed by atoms with van der Waals surface area (Å²) in [6, 6.07) is 0. The number of piperidine rings is 1. The summed E-state index contributed by atoms with van der Waals surface area (Å²) < 4.78 is 5.79. The van der Waals surface area contributed by atoms with Crippen molar-refractivity contribution < 1.29 is 9.53 Å². The molecule has 0 unspecified atom stereocenters. The van der Waals surface area contributed by atoms with Crippen molar-refractivity contribution in [2.24, 2.45) is 0 Å². The third kappa shape index (κ3) is 14.2. The maximum Gasteiger partial charge on any atom is 0.306 e. The maximum absolute atomic E-state index is 12.2. The van der Waals surface area contributed by atoms with Crippen LogP contribution in [0.15, 0.2) is 12.2 Å². The summed E-state index contributed by atoms with van der Waals surface area (Å²) in [6.45, 7) is 11.0. The fraction of sp³-hybridized carbons (Fsp3) is 0.889. The van der Waals surface area contributed by atoms with Crippen LogP contribution in [-0.4, -0.2) is 23.2 Å². The Morgan fingerprint density at radius 1 is 0.800 bits per heavy atom. The van der Waals surface area contributed by atoms with E-state index in [2.05, 4.69) is 52.1 Å². The van der Waals surface area contributed by atoms with Crippen molar-refractivity contribution in [1.29, 1.82) is 0 Å². The summed E-state index contributed by atoms with van der Waals surface area (Å²) in [6.07, 6.45) is 23.8. The van der Waals surface area contributed by atoms with Gasteiger partial charge in [0, 0.05) is 30.3 Å². The Labute approximate surface area is 187 Å². The van der Waals surface area contributed by atoms with E-state index in [9.17, 15) is 4.79 Å². The monoisotopic (exact) mass is 421 g/mol. The van der Waals surface area contributed by atoms with E-state index in [0.717, 1.165) is 25.7 Å². The van der Waals surface area contributed by atoms with Gasteiger partial charge in [0.05, 0.1) is 0 Å². The SMILES string of the molecule is CCCCCCCCC=CCCCCCCCC(=O)OC1CC(C)(C)NC(C)(C)C1. The maximum atomic E-state index is 12.2. The van der Waals surface area contributed by atoms with Gasteiger partial charge in [-0.2, -0.15) is 0 Å². The van der Waals surface area contributed by atoms with E-state index in [1.54, 1.807) is 0 Å². The van der Waals surface area contributed by atoms with Crippen molar-refractivity contribution in [2.45, 2.75) is 155 Å². The zero-order valence-corrected chi connectivity index (χ0v) is 20.9. The van der Waals surface area contributed by atoms with Crippen molar-refractivity contribution in [2.75, 3.05) is 0 Å². The van der Waals surface area contributed by atoms with Crippen LogP contribution in [0.3, 0.4) is 0 Å². The first-order valence-corrected chi connectivity index (χ1v) is 12.9. The number of allylic oxidation sites excluding steroid dienone is 2. The molecule has 30 heavy (non-hydrogen) atoms. The zero-order chi connectivity index (χ0) is 22.3. The average Bonchev–Trinajstić information content (AvgIpc) is 2.62. The molecule has 0 radical (unpaired) electrons. The van der Waals surface area contributed by atoms with Crippen LogP contribution in [0.4, 0.5) is 0 Å². The highest BCUT2D eigenvalue weighted by molar-refractivity contribution is 5.69. The largest absolute Gasteiger partial charge is 0.462 e. The van der Waals surface area contributed by atoms with Crippen molar-refractivity contribution in [3.8, 4) is 0 Å². The molecular formula is C27H51NO2. The number of hydrogen-bond acceptors (Lipinski definition) is 3. The molecule has 1 aliphatic heterocycles. The van der Waals surface area contributed by atoms with E-state index >= 15 is 0 Å². The molecule has 0 bridgehead atoms. The summed E-state index contributed by atoms with van der Waals surface area (Å²) in [5.41, 5.74) is 0.0472. The number of unbranched alkanes of at least 4 members (excludes halogenated alkanes) is 11. The standard InChI is InChI=1S/C27H51NO2/c1-6-7-8-9-10-11-12-13-14-15-16-17-18-19-20-21-25(29)30-24-22-26(2,3)28-27(4,5)23-24/h13-14,24,28H,6-12,15-23H2,1-5H3. The first-order chi connectivity index (χ1) is 14.2. The molecule has 0 spiro atoms. The number of rotatable bonds is 16. The summed E-state index contributed by atoms with van der Waals surface area (Å²) in [5, 5.41) is 3.64. The van der Waals surface area contributed by atoms with Crippen LogP contribution in [0, 0.1) is 0 Å². The van der Waals surface area contributed by atoms with Gasteiger partial charge in [0.25, 0.3) is 0 Å². The molecule has 1 aliphatic rings. The third-order valence-corrected chi connectivity index (χ3v) is 6.09. The first-order valence-electron chi connectivity index (χ1n) is 12.9. The molecule has 3 nitrogen and oxygen atoms in total. The van der Waals surface area contributed by atoms with Crippen molar-refractivity contribution in [1.82, 2.24) is 5.32 Å². The van der Waals surface area contributed by atoms with Gasteiger partial charge in [-0.05, 0) is 59.8 Å². The summed E-state index contributed by atoms with van der Waals surface area (Å²) in [4.78, 5) is 12.2. The molecule has 0 aliphatic carbocycles. The minimum atomic E-state index is -0.00822. The Bertz CT molecular complexity index is 465. The van der Waals surface area contributed by atoms with Crippen LogP contribution in [0.2, 0.25) is 0 Å². The molecule has 0 aromatic rings. The van der Waals surface area contributed by atoms with E-state index in [1.165, 1.54) is 70.6 Å². The van der Waals surface area contributed by atoms with Gasteiger partial charge in [0.15, 0.2) is 0 Å². The minimum Gasteiger partial charge on any atom is -0.462 e. The molecule has 1 fully saturated rings. The average molecular weight is 422 g/mol. The van der Waals surface area contributed by atoms with E-state index in [4.69, 9.17) is 4.74 Å². The number of carbonyl (C=O) groups excluding carboxylic acids is 1. The fourth-order valence-corrected chi connectivity index (χ4v) is 4.90. The predicted octanol–water partition coefficient (Wildman–Crippen LogP) is 7.88. The van der Waals surface area contributed by atoms with Gasteiger partial charge in [-0.25, -0.2) is 0 Å². The molecule has 0 aromatic heterocycles. The Balaban J connectivity index is 1.95. The molecule has 1 saturated heterocycles. The summed E-state index contributed by atoms with van der Waals surface area (Å²) >= 11 is 0. The summed E-state index contributed by atoms with van der Waals surface area (Å²) in [5.74, 6) is -0.00822. The number of hydrogen-bond donors (Lipinski definition) is 1. The molecule has 3 heteroatoms. The number of ether oxygens (including phenoxy) is 1. The van der Waals surface area contributed by atoms with Crippen LogP contribution in [0.5, 0.6) is 0 Å². The second kappa shape index (κ2) is 15.1. The zero-order valence-electron chi connectivity index (χ0n) is 20.9. The van der Waals surface area contributed by atoms with E-state index < -0.39 is 0 Å². The van der Waals surface area contributed by atoms with Gasteiger partial charge in [0.2, 0.25) is 0 Å². The van der Waals surface area contributed by atoms with Crippen LogP contribution >= 0.6 is 0 Å². The van der Waals surface area contributed by atoms with Crippen molar-refractivity contribution in [3.63, 3.8) is 0 Å². The fourth-order valence-electron chi connectivity index (χ4n) is 4.90. The van der Waals surface area contributed by atoms with Gasteiger partial charge in [-0.1, -0.05) is 70.4 Å². The Morgan fingerprint density at radius 2 is 1.27 bits per heavy atom. The first kappa shape index (κ1) is 27.2. The van der Waals surface area contributed by atoms with Crippen LogP contribution in [0.25, 0.3) is 0 Å². The van der Waals surface area contributed by atoms with Crippen molar-refractivity contribution >= 4 is 5.97 Å². The lowest BCUT2D eigenvalue weighted by Gasteiger charge is -2.45. The molecule has 0 amide bonds. The molecule has 1 rings (SSSR count). The minimum absolute atomic E-state index is 0.00822. The second-order valence-electron chi connectivity index (χ2n) is 10.7. The Hall–Kier alpha value is -0.830. The smallest absolute Gasteiger partial charge is 0.306 e. The molecule has 0 atom stereocenters. The highest BCUT2D eigenvalue weighted by Gasteiger charge is 2.39. The third-order valence-electron chi connectivity index (χ3n) is 6.09. The predicted molar refractivity (Wildman–Crippen MR) is 130 cm³/mol. The van der Waals surface area contributed by atoms with Gasteiger partial charge >= 0.3 is 5.97 Å². The number of esters is 1. The molecule has 1 N–H and O–H groups in total. The highest BCUT2D eigenvalue weighted by Crippen LogP contribution is 2.30. The highest BCUT2D eigenvalue weighted by atomic mass is 16.5. The normalized spacial score (nSPS) is 18.7. The lowest BCUT2D eigenvalue weighted by molar-refractivity contribution is -0.153. The topological polar surface area (TPSA) is 38.3 Å². The van der Waals surface area contributed by atoms with Crippen molar-refractivity contribution in [3.05, 3.63) is 12.2 Å². The molecule has 0 saturated carbocycles. The van der Waals surface area contributed by atoms with Crippen LogP contribution in [0.1, 0.15) is 137 Å². The van der Waals surface area contributed by atoms with Crippen LogP contribution in [-0.2, 0) is 9.53 Å². The van der Waals surface area contributed by atoms with Gasteiger partial charge in [-0.3, -0.25) is 4.79 Å². The molecule has 0 aromatic carbocycles. The van der Waals surface area contributed by atoms with Crippen LogP contribution < -0.4 is 5.32 Å². The quantitative estimate of drug-likeness (QED) is 0.156. The second-order valence-corrected chi connectivity index (χ2v) is 10.7. The van der Waals surface area contributed by atoms with E-state index in [1.807, 2.05) is 0 Å². The molecule has 1 heterocycles. The van der Waals surface area contributed by atoms with Gasteiger partial charge in [0.1, 0.15) is 6.10 Å². The van der Waals surface area contributed by atoms with E-state index in [-0.39, 0.29) is 23.2 Å². The number of nitrogens with one attached hydrogen (secondary N) is 1. The molecule has 176 valence electrons. The van der Waals surface area contributed by atoms with Gasteiger partial charge < -0.3 is 10.1 Å². The van der Waals surface area contributed by atoms with E-state index in [0.29, 0.717) is 6.42 Å². The molecular weight excluding hydrogens is 370 g/mol. The number of carbonyl (C=O) groups is 1. The van der Waals surface area contributed by atoms with Gasteiger partial charge in [-0.15, -0.1) is 0 Å². The Morgan fingerprint density at radius 3 is 1.80 bits per heavy atom.